The standard InChI is InChI=1S/C30H34FN5O2/c1-30(2,17-37)16-35(3)29-33-27-24(28(34-29)36-14-19-8-9-20(15-36)32-19)11-10-23(26(27)31)25-13-21(38)12-18-6-4-5-7-22(18)25/h4-7,10-13,19-20,32,37-38H,8-9,14-17H2,1-3H3. The lowest BCUT2D eigenvalue weighted by Crippen LogP contribution is -2.51. The molecule has 0 radical (unpaired) electrons. The second-order valence-electron chi connectivity index (χ2n) is 11.6. The molecule has 7 nitrogen and oxygen atoms in total. The number of phenols is 1. The van der Waals surface area contributed by atoms with Crippen LogP contribution in [0.25, 0.3) is 32.8 Å². The number of halogens is 1. The van der Waals surface area contributed by atoms with Crippen LogP contribution < -0.4 is 15.1 Å². The zero-order valence-corrected chi connectivity index (χ0v) is 22.1. The Labute approximate surface area is 221 Å². The molecule has 2 aliphatic rings. The Morgan fingerprint density at radius 2 is 1.76 bits per heavy atom. The zero-order chi connectivity index (χ0) is 26.6. The van der Waals surface area contributed by atoms with Crippen LogP contribution in [-0.4, -0.2) is 65.6 Å². The lowest BCUT2D eigenvalue weighted by atomic mass is 9.94. The first-order valence-electron chi connectivity index (χ1n) is 13.3. The van der Waals surface area contributed by atoms with Crippen molar-refractivity contribution < 1.29 is 14.6 Å². The second-order valence-corrected chi connectivity index (χ2v) is 11.6. The van der Waals surface area contributed by atoms with Gasteiger partial charge >= 0.3 is 0 Å². The molecule has 6 rings (SSSR count). The van der Waals surface area contributed by atoms with Crippen LogP contribution in [0.2, 0.25) is 0 Å². The fourth-order valence-corrected chi connectivity index (χ4v) is 6.00. The van der Waals surface area contributed by atoms with Crippen molar-refractivity contribution in [3.05, 3.63) is 54.3 Å². The first-order valence-corrected chi connectivity index (χ1v) is 13.3. The average molecular weight is 516 g/mol. The summed E-state index contributed by atoms with van der Waals surface area (Å²) < 4.78 is 16.5. The fraction of sp³-hybridized carbons (Fsp3) is 0.400. The van der Waals surface area contributed by atoms with Crippen molar-refractivity contribution in [2.24, 2.45) is 5.41 Å². The van der Waals surface area contributed by atoms with Crippen molar-refractivity contribution >= 4 is 33.4 Å². The van der Waals surface area contributed by atoms with Crippen LogP contribution in [0.15, 0.2) is 48.5 Å². The summed E-state index contributed by atoms with van der Waals surface area (Å²) in [5.41, 5.74) is 0.896. The Morgan fingerprint density at radius 3 is 2.50 bits per heavy atom. The summed E-state index contributed by atoms with van der Waals surface area (Å²) in [6.07, 6.45) is 2.26. The highest BCUT2D eigenvalue weighted by molar-refractivity contribution is 6.01. The molecule has 0 aliphatic carbocycles. The number of nitrogens with zero attached hydrogens (tertiary/aromatic N) is 4. The monoisotopic (exact) mass is 515 g/mol. The van der Waals surface area contributed by atoms with E-state index in [0.717, 1.165) is 42.5 Å². The summed E-state index contributed by atoms with van der Waals surface area (Å²) in [5, 5.41) is 26.3. The number of hydrogen-bond donors (Lipinski definition) is 3. The molecule has 2 aliphatic heterocycles. The van der Waals surface area contributed by atoms with Gasteiger partial charge in [-0.3, -0.25) is 0 Å². The molecule has 3 aromatic carbocycles. The molecular formula is C30H34FN5O2. The largest absolute Gasteiger partial charge is 0.508 e. The quantitative estimate of drug-likeness (QED) is 0.344. The van der Waals surface area contributed by atoms with Crippen molar-refractivity contribution in [3.8, 4) is 16.9 Å². The smallest absolute Gasteiger partial charge is 0.227 e. The molecule has 2 unspecified atom stereocenters. The van der Waals surface area contributed by atoms with Crippen LogP contribution in [0.4, 0.5) is 16.2 Å². The number of aromatic hydroxyl groups is 1. The summed E-state index contributed by atoms with van der Waals surface area (Å²) >= 11 is 0. The highest BCUT2D eigenvalue weighted by atomic mass is 19.1. The SMILES string of the molecule is CN(CC(C)(C)CO)c1nc(N2CC3CCC(C2)N3)c2ccc(-c3cc(O)cc4ccccc34)c(F)c2n1. The van der Waals surface area contributed by atoms with Gasteiger partial charge in [0.15, 0.2) is 5.82 Å². The van der Waals surface area contributed by atoms with Gasteiger partial charge in [-0.1, -0.05) is 44.2 Å². The number of anilines is 2. The summed E-state index contributed by atoms with van der Waals surface area (Å²) in [6, 6.07) is 15.4. The summed E-state index contributed by atoms with van der Waals surface area (Å²) in [7, 11) is 1.88. The molecule has 2 atom stereocenters. The minimum atomic E-state index is -0.434. The van der Waals surface area contributed by atoms with Crippen LogP contribution in [-0.2, 0) is 0 Å². The third-order valence-electron chi connectivity index (χ3n) is 7.86. The van der Waals surface area contributed by atoms with Gasteiger partial charge in [0, 0.05) is 61.7 Å². The lowest BCUT2D eigenvalue weighted by Gasteiger charge is -2.35. The second kappa shape index (κ2) is 9.36. The average Bonchev–Trinajstić information content (AvgIpc) is 3.24. The van der Waals surface area contributed by atoms with E-state index in [1.807, 2.05) is 56.1 Å². The van der Waals surface area contributed by atoms with Gasteiger partial charge in [-0.25, -0.2) is 9.37 Å². The predicted molar refractivity (Wildman–Crippen MR) is 150 cm³/mol. The number of hydrogen-bond acceptors (Lipinski definition) is 7. The van der Waals surface area contributed by atoms with Gasteiger partial charge in [-0.15, -0.1) is 0 Å². The highest BCUT2D eigenvalue weighted by Gasteiger charge is 2.34. The Morgan fingerprint density at radius 1 is 1.03 bits per heavy atom. The maximum Gasteiger partial charge on any atom is 0.227 e. The third-order valence-corrected chi connectivity index (χ3v) is 7.86. The van der Waals surface area contributed by atoms with Gasteiger partial charge in [0.2, 0.25) is 5.95 Å². The van der Waals surface area contributed by atoms with Crippen LogP contribution in [0.3, 0.4) is 0 Å². The van der Waals surface area contributed by atoms with Crippen LogP contribution in [0.1, 0.15) is 26.7 Å². The topological polar surface area (TPSA) is 84.8 Å². The summed E-state index contributed by atoms with van der Waals surface area (Å²) in [4.78, 5) is 13.9. The molecule has 2 saturated heterocycles. The van der Waals surface area contributed by atoms with E-state index in [2.05, 4.69) is 10.2 Å². The van der Waals surface area contributed by atoms with Crippen LogP contribution >= 0.6 is 0 Å². The molecule has 0 spiro atoms. The molecule has 8 heteroatoms. The normalized spacial score (nSPS) is 19.4. The van der Waals surface area contributed by atoms with Crippen molar-refractivity contribution in [3.63, 3.8) is 0 Å². The lowest BCUT2D eigenvalue weighted by molar-refractivity contribution is 0.165. The maximum atomic E-state index is 16.5. The molecule has 198 valence electrons. The van der Waals surface area contributed by atoms with Gasteiger partial charge in [-0.05, 0) is 47.4 Å². The molecule has 0 amide bonds. The fourth-order valence-electron chi connectivity index (χ4n) is 6.00. The van der Waals surface area contributed by atoms with Crippen LogP contribution in [0.5, 0.6) is 5.75 Å². The molecule has 2 bridgehead atoms. The molecule has 4 aromatic rings. The van der Waals surface area contributed by atoms with Gasteiger partial charge in [-0.2, -0.15) is 4.98 Å². The number of aliphatic hydroxyl groups excluding tert-OH is 1. The first-order chi connectivity index (χ1) is 18.2. The van der Waals surface area contributed by atoms with E-state index in [-0.39, 0.29) is 23.3 Å². The van der Waals surface area contributed by atoms with E-state index in [9.17, 15) is 10.2 Å². The Kier molecular flexibility index (Phi) is 6.12. The number of benzene rings is 3. The molecular weight excluding hydrogens is 481 g/mol. The summed E-state index contributed by atoms with van der Waals surface area (Å²) in [5.74, 6) is 0.820. The predicted octanol–water partition coefficient (Wildman–Crippen LogP) is 4.69. The van der Waals surface area contributed by atoms with Gasteiger partial charge in [0.05, 0.1) is 0 Å². The zero-order valence-electron chi connectivity index (χ0n) is 22.1. The van der Waals surface area contributed by atoms with E-state index in [4.69, 9.17) is 9.97 Å². The maximum absolute atomic E-state index is 16.5. The number of aromatic nitrogens is 2. The number of fused-ring (bicyclic) bond motifs is 4. The number of nitrogens with one attached hydrogen (secondary N) is 1. The minimum Gasteiger partial charge on any atom is -0.508 e. The van der Waals surface area contributed by atoms with Crippen molar-refractivity contribution in [1.29, 1.82) is 0 Å². The Bertz CT molecular complexity index is 1510. The van der Waals surface area contributed by atoms with E-state index < -0.39 is 5.82 Å². The number of phenolic OH excluding ortho intramolecular Hbond substituents is 1. The van der Waals surface area contributed by atoms with Gasteiger partial charge in [0.1, 0.15) is 17.1 Å². The van der Waals surface area contributed by atoms with E-state index in [1.54, 1.807) is 18.2 Å². The van der Waals surface area contributed by atoms with Crippen LogP contribution in [0, 0.1) is 11.2 Å². The van der Waals surface area contributed by atoms with Crippen molar-refractivity contribution in [2.75, 3.05) is 43.1 Å². The summed E-state index contributed by atoms with van der Waals surface area (Å²) in [6.45, 7) is 6.11. The highest BCUT2D eigenvalue weighted by Crippen LogP contribution is 2.39. The van der Waals surface area contributed by atoms with Gasteiger partial charge in [0.25, 0.3) is 0 Å². The number of piperazine rings is 1. The molecule has 38 heavy (non-hydrogen) atoms. The van der Waals surface area contributed by atoms with E-state index >= 15 is 4.39 Å². The van der Waals surface area contributed by atoms with Crippen molar-refractivity contribution in [1.82, 2.24) is 15.3 Å². The molecule has 1 aromatic heterocycles. The Balaban J connectivity index is 1.54. The van der Waals surface area contributed by atoms with Gasteiger partial charge < -0.3 is 25.3 Å². The number of aliphatic hydroxyl groups is 1. The van der Waals surface area contributed by atoms with Crippen molar-refractivity contribution in [2.45, 2.75) is 38.8 Å². The first kappa shape index (κ1) is 24.8. The number of rotatable bonds is 6. The minimum absolute atomic E-state index is 0.0159. The van der Waals surface area contributed by atoms with E-state index in [1.165, 1.54) is 0 Å². The molecule has 2 fully saturated rings. The molecule has 0 saturated carbocycles. The third kappa shape index (κ3) is 4.41. The molecule has 3 heterocycles. The van der Waals surface area contributed by atoms with E-state index in [0.29, 0.717) is 41.1 Å². The molecule has 3 N–H and O–H groups in total. The Hall–Kier alpha value is -3.49.